The van der Waals surface area contributed by atoms with Crippen LogP contribution in [0, 0.1) is 0 Å². The van der Waals surface area contributed by atoms with Crippen molar-refractivity contribution in [2.24, 2.45) is 0 Å². The highest BCUT2D eigenvalue weighted by atomic mass is 32.1. The van der Waals surface area contributed by atoms with Gasteiger partial charge in [0.05, 0.1) is 34.3 Å². The zero-order valence-electron chi connectivity index (χ0n) is 16.7. The van der Waals surface area contributed by atoms with Gasteiger partial charge < -0.3 is 20.3 Å². The largest absolute Gasteiger partial charge is 0.378 e. The molecule has 154 valence electrons. The lowest BCUT2D eigenvalue weighted by atomic mass is 10.1. The summed E-state index contributed by atoms with van der Waals surface area (Å²) >= 11 is 1.47. The number of benzene rings is 2. The number of thiophene rings is 1. The number of hydrogen-bond donors (Lipinski definition) is 2. The van der Waals surface area contributed by atoms with Gasteiger partial charge in [-0.05, 0) is 23.8 Å². The molecule has 4 rings (SSSR count). The number of morpholine rings is 1. The van der Waals surface area contributed by atoms with Gasteiger partial charge in [0.2, 0.25) is 0 Å². The second-order valence-corrected chi connectivity index (χ2v) is 7.90. The van der Waals surface area contributed by atoms with Crippen LogP contribution in [0.15, 0.2) is 60.7 Å². The standard InChI is InChI=1S/C23H23N3O3S/c1-24-21(27)17-9-5-6-10-19(17)25-22(28)20-15-18(16-7-3-2-4-8-16)23(30-20)26-11-13-29-14-12-26/h2-10,15H,11-14H2,1H3,(H,24,27)(H,25,28). The molecule has 0 bridgehead atoms. The Hall–Kier alpha value is -3.16. The van der Waals surface area contributed by atoms with Gasteiger partial charge in [-0.1, -0.05) is 42.5 Å². The molecular formula is C23H23N3O3S. The highest BCUT2D eigenvalue weighted by Gasteiger charge is 2.22. The fourth-order valence-electron chi connectivity index (χ4n) is 3.43. The molecule has 1 aliphatic rings. The number of ether oxygens (including phenoxy) is 1. The molecule has 30 heavy (non-hydrogen) atoms. The molecule has 0 saturated carbocycles. The molecule has 6 nitrogen and oxygen atoms in total. The maximum atomic E-state index is 13.1. The van der Waals surface area contributed by atoms with E-state index in [1.165, 1.54) is 11.3 Å². The quantitative estimate of drug-likeness (QED) is 0.656. The molecule has 7 heteroatoms. The molecule has 0 atom stereocenters. The lowest BCUT2D eigenvalue weighted by Crippen LogP contribution is -2.35. The molecule has 1 aromatic heterocycles. The zero-order chi connectivity index (χ0) is 20.9. The van der Waals surface area contributed by atoms with Crippen molar-refractivity contribution in [1.29, 1.82) is 0 Å². The van der Waals surface area contributed by atoms with Gasteiger partial charge in [-0.3, -0.25) is 9.59 Å². The molecule has 2 aromatic carbocycles. The number of carbonyl (C=O) groups excluding carboxylic acids is 2. The Morgan fingerprint density at radius 3 is 2.40 bits per heavy atom. The van der Waals surface area contributed by atoms with E-state index in [9.17, 15) is 9.59 Å². The summed E-state index contributed by atoms with van der Waals surface area (Å²) in [6.45, 7) is 2.93. The molecule has 0 aliphatic carbocycles. The van der Waals surface area contributed by atoms with E-state index in [2.05, 4.69) is 27.7 Å². The average molecular weight is 422 g/mol. The van der Waals surface area contributed by atoms with Crippen molar-refractivity contribution >= 4 is 33.8 Å². The van der Waals surface area contributed by atoms with Crippen molar-refractivity contribution in [2.45, 2.75) is 0 Å². The Morgan fingerprint density at radius 2 is 1.67 bits per heavy atom. The number of nitrogens with zero attached hydrogens (tertiary/aromatic N) is 1. The van der Waals surface area contributed by atoms with Crippen molar-refractivity contribution in [1.82, 2.24) is 5.32 Å². The summed E-state index contributed by atoms with van der Waals surface area (Å²) in [6.07, 6.45) is 0. The van der Waals surface area contributed by atoms with Crippen molar-refractivity contribution < 1.29 is 14.3 Å². The molecule has 1 fully saturated rings. The van der Waals surface area contributed by atoms with Crippen molar-refractivity contribution in [3.8, 4) is 11.1 Å². The maximum Gasteiger partial charge on any atom is 0.265 e. The van der Waals surface area contributed by atoms with E-state index in [4.69, 9.17) is 4.74 Å². The van der Waals surface area contributed by atoms with Crippen LogP contribution in [0.4, 0.5) is 10.7 Å². The van der Waals surface area contributed by atoms with Crippen molar-refractivity contribution in [3.05, 3.63) is 71.1 Å². The second-order valence-electron chi connectivity index (χ2n) is 6.87. The zero-order valence-corrected chi connectivity index (χ0v) is 17.5. The number of rotatable bonds is 5. The summed E-state index contributed by atoms with van der Waals surface area (Å²) in [6, 6.07) is 19.0. The Morgan fingerprint density at radius 1 is 0.967 bits per heavy atom. The number of hydrogen-bond acceptors (Lipinski definition) is 5. The van der Waals surface area contributed by atoms with Gasteiger partial charge >= 0.3 is 0 Å². The Kier molecular flexibility index (Phi) is 6.11. The van der Waals surface area contributed by atoms with Crippen LogP contribution in [0.25, 0.3) is 11.1 Å². The predicted octanol–water partition coefficient (Wildman–Crippen LogP) is 3.86. The van der Waals surface area contributed by atoms with Gasteiger partial charge in [0, 0.05) is 25.7 Å². The van der Waals surface area contributed by atoms with Crippen LogP contribution < -0.4 is 15.5 Å². The summed E-state index contributed by atoms with van der Waals surface area (Å²) < 4.78 is 5.49. The number of carbonyl (C=O) groups is 2. The number of amides is 2. The highest BCUT2D eigenvalue weighted by Crippen LogP contribution is 2.39. The Balaban J connectivity index is 1.67. The summed E-state index contributed by atoms with van der Waals surface area (Å²) in [7, 11) is 1.57. The van der Waals surface area contributed by atoms with E-state index in [1.807, 2.05) is 24.3 Å². The molecule has 0 unspecified atom stereocenters. The first-order chi connectivity index (χ1) is 14.7. The third-order valence-electron chi connectivity index (χ3n) is 4.97. The van der Waals surface area contributed by atoms with Crippen LogP contribution in [0.1, 0.15) is 20.0 Å². The first kappa shape index (κ1) is 20.1. The van der Waals surface area contributed by atoms with Crippen LogP contribution >= 0.6 is 11.3 Å². The van der Waals surface area contributed by atoms with E-state index in [1.54, 1.807) is 31.3 Å². The van der Waals surface area contributed by atoms with Gasteiger partial charge in [0.1, 0.15) is 0 Å². The lowest BCUT2D eigenvalue weighted by molar-refractivity contribution is 0.0964. The minimum Gasteiger partial charge on any atom is -0.378 e. The number of anilines is 2. The first-order valence-electron chi connectivity index (χ1n) is 9.82. The Bertz CT molecular complexity index is 1040. The van der Waals surface area contributed by atoms with Gasteiger partial charge in [0.15, 0.2) is 0 Å². The fourth-order valence-corrected chi connectivity index (χ4v) is 4.56. The van der Waals surface area contributed by atoms with E-state index in [0.717, 1.165) is 29.2 Å². The normalized spacial score (nSPS) is 13.7. The second kappa shape index (κ2) is 9.11. The summed E-state index contributed by atoms with van der Waals surface area (Å²) in [5.41, 5.74) is 3.03. The predicted molar refractivity (Wildman–Crippen MR) is 121 cm³/mol. The van der Waals surface area contributed by atoms with E-state index >= 15 is 0 Å². The topological polar surface area (TPSA) is 70.7 Å². The third-order valence-corrected chi connectivity index (χ3v) is 6.16. The summed E-state index contributed by atoms with van der Waals surface area (Å²) in [4.78, 5) is 28.1. The summed E-state index contributed by atoms with van der Waals surface area (Å²) in [5, 5.41) is 6.57. The van der Waals surface area contributed by atoms with E-state index in [0.29, 0.717) is 29.3 Å². The SMILES string of the molecule is CNC(=O)c1ccccc1NC(=O)c1cc(-c2ccccc2)c(N2CCOCC2)s1. The minimum atomic E-state index is -0.240. The number of nitrogens with one attached hydrogen (secondary N) is 2. The van der Waals surface area contributed by atoms with Gasteiger partial charge in [-0.15, -0.1) is 11.3 Å². The van der Waals surface area contributed by atoms with Gasteiger partial charge in [-0.25, -0.2) is 0 Å². The Labute approximate surface area is 179 Å². The summed E-state index contributed by atoms with van der Waals surface area (Å²) in [5.74, 6) is -0.468. The molecule has 0 radical (unpaired) electrons. The van der Waals surface area contributed by atoms with Crippen molar-refractivity contribution in [2.75, 3.05) is 43.6 Å². The molecule has 1 aliphatic heterocycles. The maximum absolute atomic E-state index is 13.1. The number of para-hydroxylation sites is 1. The molecule has 1 saturated heterocycles. The lowest BCUT2D eigenvalue weighted by Gasteiger charge is -2.28. The van der Waals surface area contributed by atoms with E-state index < -0.39 is 0 Å². The smallest absolute Gasteiger partial charge is 0.265 e. The fraction of sp³-hybridized carbons (Fsp3) is 0.217. The molecular weight excluding hydrogens is 398 g/mol. The van der Waals surface area contributed by atoms with Crippen LogP contribution in [0.2, 0.25) is 0 Å². The monoisotopic (exact) mass is 421 g/mol. The molecule has 2 N–H and O–H groups in total. The van der Waals surface area contributed by atoms with Crippen LogP contribution in [-0.4, -0.2) is 45.2 Å². The highest BCUT2D eigenvalue weighted by molar-refractivity contribution is 7.18. The molecule has 2 heterocycles. The minimum absolute atomic E-state index is 0.229. The molecule has 0 spiro atoms. The van der Waals surface area contributed by atoms with Crippen LogP contribution in [-0.2, 0) is 4.74 Å². The van der Waals surface area contributed by atoms with Gasteiger partial charge in [0.25, 0.3) is 11.8 Å². The van der Waals surface area contributed by atoms with Gasteiger partial charge in [-0.2, -0.15) is 0 Å². The average Bonchev–Trinajstić information content (AvgIpc) is 3.26. The molecule has 2 amide bonds. The molecule has 3 aromatic rings. The first-order valence-corrected chi connectivity index (χ1v) is 10.6. The van der Waals surface area contributed by atoms with Crippen LogP contribution in [0.3, 0.4) is 0 Å². The third kappa shape index (κ3) is 4.22. The van der Waals surface area contributed by atoms with E-state index in [-0.39, 0.29) is 11.8 Å². The van der Waals surface area contributed by atoms with Crippen molar-refractivity contribution in [3.63, 3.8) is 0 Å². The van der Waals surface area contributed by atoms with Crippen LogP contribution in [0.5, 0.6) is 0 Å².